The van der Waals surface area contributed by atoms with Gasteiger partial charge in [-0.05, 0) is 87.0 Å². The van der Waals surface area contributed by atoms with E-state index in [-0.39, 0.29) is 0 Å². The van der Waals surface area contributed by atoms with Crippen molar-refractivity contribution in [1.82, 2.24) is 14.5 Å². The van der Waals surface area contributed by atoms with Crippen LogP contribution in [0.25, 0.3) is 83.6 Å². The quantitative estimate of drug-likeness (QED) is 0.161. The zero-order valence-electron chi connectivity index (χ0n) is 33.9. The minimum absolute atomic E-state index is 0.481. The zero-order chi connectivity index (χ0) is 41.0. The molecule has 0 atom stereocenters. The molecule has 2 aromatic heterocycles. The number of rotatable bonds is 7. The highest BCUT2D eigenvalue weighted by Crippen LogP contribution is 2.57. The third kappa shape index (κ3) is 5.67. The lowest BCUT2D eigenvalue weighted by atomic mass is 9.67. The molecule has 0 fully saturated rings. The van der Waals surface area contributed by atoms with E-state index in [0.717, 1.165) is 50.4 Å². The van der Waals surface area contributed by atoms with Crippen molar-refractivity contribution in [2.45, 2.75) is 5.41 Å². The number of benzene rings is 9. The van der Waals surface area contributed by atoms with Crippen molar-refractivity contribution in [3.63, 3.8) is 0 Å². The monoisotopic (exact) mass is 789 g/mol. The summed E-state index contributed by atoms with van der Waals surface area (Å²) in [7, 11) is 0. The van der Waals surface area contributed by atoms with Crippen molar-refractivity contribution < 1.29 is 0 Å². The van der Waals surface area contributed by atoms with E-state index in [1.54, 1.807) is 0 Å². The van der Waals surface area contributed by atoms with Crippen molar-refractivity contribution in [2.75, 3.05) is 0 Å². The molecule has 0 spiro atoms. The van der Waals surface area contributed by atoms with Crippen LogP contribution in [-0.4, -0.2) is 14.5 Å². The lowest BCUT2D eigenvalue weighted by Gasteiger charge is -2.33. The molecule has 290 valence electrons. The Morgan fingerprint density at radius 3 is 1.63 bits per heavy atom. The fourth-order valence-electron chi connectivity index (χ4n) is 9.94. The summed E-state index contributed by atoms with van der Waals surface area (Å²) in [6.45, 7) is 0. The van der Waals surface area contributed by atoms with Crippen LogP contribution < -0.4 is 0 Å². The first-order valence-electron chi connectivity index (χ1n) is 21.2. The highest BCUT2D eigenvalue weighted by atomic mass is 15.0. The number of fused-ring (bicyclic) bond motifs is 6. The molecule has 0 bridgehead atoms. The second kappa shape index (κ2) is 14.5. The van der Waals surface area contributed by atoms with Crippen molar-refractivity contribution in [1.29, 1.82) is 0 Å². The predicted octanol–water partition coefficient (Wildman–Crippen LogP) is 14.6. The van der Waals surface area contributed by atoms with Crippen molar-refractivity contribution in [3.8, 4) is 61.8 Å². The molecular formula is C59H39N3. The first-order valence-corrected chi connectivity index (χ1v) is 21.2. The van der Waals surface area contributed by atoms with E-state index >= 15 is 0 Å². The molecule has 1 aliphatic carbocycles. The third-order valence-corrected chi connectivity index (χ3v) is 12.7. The van der Waals surface area contributed by atoms with E-state index < -0.39 is 5.41 Å². The molecule has 0 unspecified atom stereocenters. The van der Waals surface area contributed by atoms with Crippen LogP contribution in [0, 0.1) is 0 Å². The van der Waals surface area contributed by atoms with Gasteiger partial charge >= 0.3 is 0 Å². The fourth-order valence-corrected chi connectivity index (χ4v) is 9.94. The van der Waals surface area contributed by atoms with Gasteiger partial charge in [0.1, 0.15) is 0 Å². The maximum atomic E-state index is 5.31. The van der Waals surface area contributed by atoms with Gasteiger partial charge in [0, 0.05) is 33.2 Å². The van der Waals surface area contributed by atoms with Gasteiger partial charge in [-0.15, -0.1) is 0 Å². The van der Waals surface area contributed by atoms with Crippen LogP contribution in [-0.2, 0) is 5.41 Å². The average Bonchev–Trinajstić information content (AvgIpc) is 3.84. The Hall–Kier alpha value is -8.14. The van der Waals surface area contributed by atoms with Gasteiger partial charge in [-0.3, -0.25) is 0 Å². The van der Waals surface area contributed by atoms with Gasteiger partial charge in [-0.25, -0.2) is 9.97 Å². The molecule has 0 N–H and O–H groups in total. The Balaban J connectivity index is 1.07. The summed E-state index contributed by atoms with van der Waals surface area (Å²) in [5.41, 5.74) is 17.6. The van der Waals surface area contributed by atoms with Gasteiger partial charge in [-0.2, -0.15) is 0 Å². The number of hydrogen-bond acceptors (Lipinski definition) is 2. The Kier molecular flexibility index (Phi) is 8.39. The molecule has 2 heterocycles. The number of aromatic nitrogens is 3. The van der Waals surface area contributed by atoms with Crippen LogP contribution in [0.1, 0.15) is 22.3 Å². The molecule has 1 aliphatic rings. The van der Waals surface area contributed by atoms with Crippen LogP contribution >= 0.6 is 0 Å². The highest BCUT2D eigenvalue weighted by molar-refractivity contribution is 6.12. The molecule has 11 aromatic rings. The van der Waals surface area contributed by atoms with Crippen LogP contribution in [0.5, 0.6) is 0 Å². The molecule has 0 amide bonds. The Bertz CT molecular complexity index is 3400. The molecule has 0 radical (unpaired) electrons. The Morgan fingerprint density at radius 2 is 0.887 bits per heavy atom. The lowest BCUT2D eigenvalue weighted by molar-refractivity contribution is 0.769. The van der Waals surface area contributed by atoms with Crippen LogP contribution in [0.15, 0.2) is 237 Å². The summed E-state index contributed by atoms with van der Waals surface area (Å²) < 4.78 is 2.42. The third-order valence-electron chi connectivity index (χ3n) is 12.7. The fraction of sp³-hybridized carbons (Fsp3) is 0.0169. The normalized spacial score (nSPS) is 12.6. The molecule has 0 saturated carbocycles. The van der Waals surface area contributed by atoms with Gasteiger partial charge in [0.2, 0.25) is 0 Å². The highest BCUT2D eigenvalue weighted by Gasteiger charge is 2.46. The van der Waals surface area contributed by atoms with Crippen LogP contribution in [0.3, 0.4) is 0 Å². The summed E-state index contributed by atoms with van der Waals surface area (Å²) in [4.78, 5) is 10.6. The lowest BCUT2D eigenvalue weighted by Crippen LogP contribution is -2.28. The Labute approximate surface area is 360 Å². The molecule has 3 heteroatoms. The smallest absolute Gasteiger partial charge is 0.160 e. The van der Waals surface area contributed by atoms with E-state index in [1.165, 1.54) is 49.7 Å². The van der Waals surface area contributed by atoms with Gasteiger partial charge < -0.3 is 4.57 Å². The van der Waals surface area contributed by atoms with Gasteiger partial charge in [0.05, 0.1) is 27.8 Å². The molecule has 9 aromatic carbocycles. The molecule has 62 heavy (non-hydrogen) atoms. The number of hydrogen-bond donors (Lipinski definition) is 0. The zero-order valence-corrected chi connectivity index (χ0v) is 33.9. The van der Waals surface area contributed by atoms with Crippen LogP contribution in [0.2, 0.25) is 0 Å². The molecular weight excluding hydrogens is 751 g/mol. The minimum atomic E-state index is -0.481. The summed E-state index contributed by atoms with van der Waals surface area (Å²) in [5.74, 6) is 0.680. The van der Waals surface area contributed by atoms with Crippen molar-refractivity contribution >= 4 is 21.8 Å². The summed E-state index contributed by atoms with van der Waals surface area (Å²) in [5, 5.41) is 2.43. The molecule has 0 saturated heterocycles. The maximum Gasteiger partial charge on any atom is 0.160 e. The van der Waals surface area contributed by atoms with Gasteiger partial charge in [0.25, 0.3) is 0 Å². The number of para-hydroxylation sites is 1. The van der Waals surface area contributed by atoms with Gasteiger partial charge in [0.15, 0.2) is 5.82 Å². The first kappa shape index (κ1) is 35.8. The predicted molar refractivity (Wildman–Crippen MR) is 255 cm³/mol. The largest absolute Gasteiger partial charge is 0.309 e. The maximum absolute atomic E-state index is 5.31. The van der Waals surface area contributed by atoms with E-state index in [0.29, 0.717) is 5.82 Å². The van der Waals surface area contributed by atoms with Gasteiger partial charge in [-0.1, -0.05) is 194 Å². The second-order valence-electron chi connectivity index (χ2n) is 16.1. The summed E-state index contributed by atoms with van der Waals surface area (Å²) in [6, 6.07) is 85.2. The van der Waals surface area contributed by atoms with Crippen molar-refractivity contribution in [3.05, 3.63) is 259 Å². The summed E-state index contributed by atoms with van der Waals surface area (Å²) in [6.07, 6.45) is 0. The first-order chi connectivity index (χ1) is 30.7. The molecule has 12 rings (SSSR count). The van der Waals surface area contributed by atoms with E-state index in [9.17, 15) is 0 Å². The summed E-state index contributed by atoms with van der Waals surface area (Å²) >= 11 is 0. The molecule has 3 nitrogen and oxygen atoms in total. The Morgan fingerprint density at radius 1 is 0.323 bits per heavy atom. The number of nitrogens with zero attached hydrogens (tertiary/aromatic N) is 3. The SMILES string of the molecule is c1ccc(-c2cccc(-c3cc(-c4ccccc4)nc(-c4cccc(-n5c6ccccc6c6cc7c(cc65)-c5ccccc5C7(c5ccccc5)c5ccccc5)c4)n3)c2)cc1. The van der Waals surface area contributed by atoms with E-state index in [4.69, 9.17) is 9.97 Å². The topological polar surface area (TPSA) is 30.7 Å². The van der Waals surface area contributed by atoms with Crippen molar-refractivity contribution in [2.24, 2.45) is 0 Å². The van der Waals surface area contributed by atoms with Crippen LogP contribution in [0.4, 0.5) is 0 Å². The van der Waals surface area contributed by atoms with E-state index in [1.807, 2.05) is 6.07 Å². The minimum Gasteiger partial charge on any atom is -0.309 e. The second-order valence-corrected chi connectivity index (χ2v) is 16.1. The van der Waals surface area contributed by atoms with E-state index in [2.05, 4.69) is 235 Å². The average molecular weight is 790 g/mol. The molecule has 0 aliphatic heterocycles. The standard InChI is InChI=1S/C59H39N3/c1-5-19-40(20-6-1)42-23-17-24-43(35-42)55-39-54(41-21-7-2-8-22-41)60-58(61-55)44-25-18-30-47(36-44)62-56-34-16-14-32-49(56)51-37-53-50(38-57(51)62)48-31-13-15-33-52(48)59(53,45-26-9-3-10-27-45)46-28-11-4-12-29-46/h1-39H.